The van der Waals surface area contributed by atoms with E-state index in [4.69, 9.17) is 0 Å². The molecule has 0 N–H and O–H groups in total. The first-order valence-corrected chi connectivity index (χ1v) is 3.52. The van der Waals surface area contributed by atoms with Gasteiger partial charge in [0.2, 0.25) is 0 Å². The summed E-state index contributed by atoms with van der Waals surface area (Å²) in [6.07, 6.45) is 3.74. The average Bonchev–Trinajstić information content (AvgIpc) is 2.04. The predicted octanol–water partition coefficient (Wildman–Crippen LogP) is 1.43. The van der Waals surface area contributed by atoms with Crippen LogP contribution in [-0.2, 0) is 0 Å². The van der Waals surface area contributed by atoms with Gasteiger partial charge in [-0.15, -0.1) is 0 Å². The Hall–Kier alpha value is -1.31. The summed E-state index contributed by atoms with van der Waals surface area (Å²) in [4.78, 5) is 4.07. The molecule has 0 spiro atoms. The lowest BCUT2D eigenvalue weighted by molar-refractivity contribution is 0.980. The van der Waals surface area contributed by atoms with Crippen LogP contribution < -0.4 is 5.49 Å². The van der Waals surface area contributed by atoms with Crippen molar-refractivity contribution in [2.75, 3.05) is 7.05 Å². The molecule has 0 aromatic carbocycles. The van der Waals surface area contributed by atoms with E-state index < -0.39 is 0 Å². The summed E-state index contributed by atoms with van der Waals surface area (Å²) < 4.78 is 1.90. The first kappa shape index (κ1) is 7.79. The molecule has 1 rings (SSSR count). The largest absolute Gasteiger partial charge is 0.309 e. The van der Waals surface area contributed by atoms with Gasteiger partial charge < -0.3 is 4.57 Å². The molecule has 58 valence electrons. The van der Waals surface area contributed by atoms with Crippen LogP contribution in [0, 0.1) is 6.92 Å². The molecule has 0 radical (unpaired) electrons. The minimum absolute atomic E-state index is 0.922. The Kier molecular flexibility index (Phi) is 2.26. The van der Waals surface area contributed by atoms with Crippen LogP contribution in [0.15, 0.2) is 29.9 Å². The van der Waals surface area contributed by atoms with E-state index in [1.54, 1.807) is 13.2 Å². The van der Waals surface area contributed by atoms with Crippen molar-refractivity contribution in [2.24, 2.45) is 4.99 Å². The second kappa shape index (κ2) is 3.19. The molecule has 2 heteroatoms. The molecule has 1 aromatic heterocycles. The maximum atomic E-state index is 4.07. The van der Waals surface area contributed by atoms with Crippen molar-refractivity contribution >= 4 is 6.20 Å². The van der Waals surface area contributed by atoms with Crippen molar-refractivity contribution in [1.82, 2.24) is 4.57 Å². The van der Waals surface area contributed by atoms with Gasteiger partial charge in [0.15, 0.2) is 0 Å². The molecule has 0 aliphatic heterocycles. The van der Waals surface area contributed by atoms with Crippen molar-refractivity contribution in [3.8, 4) is 0 Å². The summed E-state index contributed by atoms with van der Waals surface area (Å²) in [5, 5.41) is 0. The fraction of sp³-hybridized carbons (Fsp3) is 0.222. The van der Waals surface area contributed by atoms with Crippen molar-refractivity contribution in [2.45, 2.75) is 6.92 Å². The van der Waals surface area contributed by atoms with Crippen LogP contribution in [0.5, 0.6) is 0 Å². The molecule has 2 nitrogen and oxygen atoms in total. The van der Waals surface area contributed by atoms with E-state index in [1.165, 1.54) is 5.56 Å². The van der Waals surface area contributed by atoms with E-state index in [-0.39, 0.29) is 0 Å². The topological polar surface area (TPSA) is 17.3 Å². The van der Waals surface area contributed by atoms with Crippen LogP contribution in [0.4, 0.5) is 0 Å². The van der Waals surface area contributed by atoms with Gasteiger partial charge >= 0.3 is 0 Å². The summed E-state index contributed by atoms with van der Waals surface area (Å²) >= 11 is 0. The van der Waals surface area contributed by atoms with Crippen LogP contribution in [0.3, 0.4) is 0 Å². The quantitative estimate of drug-likeness (QED) is 0.573. The van der Waals surface area contributed by atoms with Gasteiger partial charge in [-0.1, -0.05) is 12.6 Å². The third-order valence-corrected chi connectivity index (χ3v) is 1.53. The average molecular weight is 148 g/mol. The van der Waals surface area contributed by atoms with E-state index in [0.717, 1.165) is 5.49 Å². The predicted molar refractivity (Wildman–Crippen MR) is 47.0 cm³/mol. The highest BCUT2D eigenvalue weighted by Gasteiger charge is 1.86. The van der Waals surface area contributed by atoms with Gasteiger partial charge in [0.1, 0.15) is 5.49 Å². The molecule has 0 amide bonds. The fourth-order valence-corrected chi connectivity index (χ4v) is 0.957. The Morgan fingerprint density at radius 1 is 1.55 bits per heavy atom. The number of hydrogen-bond donors (Lipinski definition) is 0. The van der Waals surface area contributed by atoms with E-state index in [9.17, 15) is 0 Å². The summed E-state index contributed by atoms with van der Waals surface area (Å²) in [5.41, 5.74) is 2.13. The minimum Gasteiger partial charge on any atom is -0.309 e. The Morgan fingerprint density at radius 3 is 2.82 bits per heavy atom. The standard InChI is InChI=1S/C9H12N2/c1-4-11-7-8(2)5-6-9(11)10-3/h4-7H,1H2,2-3H3/b10-9-. The fourth-order valence-electron chi connectivity index (χ4n) is 0.957. The van der Waals surface area contributed by atoms with Crippen LogP contribution in [-0.4, -0.2) is 11.6 Å². The smallest absolute Gasteiger partial charge is 0.131 e. The molecule has 1 aromatic rings. The second-order valence-corrected chi connectivity index (χ2v) is 2.38. The number of hydrogen-bond acceptors (Lipinski definition) is 1. The summed E-state index contributed by atoms with van der Waals surface area (Å²) in [6.45, 7) is 5.72. The second-order valence-electron chi connectivity index (χ2n) is 2.38. The highest BCUT2D eigenvalue weighted by Crippen LogP contribution is 1.91. The third kappa shape index (κ3) is 1.58. The summed E-state index contributed by atoms with van der Waals surface area (Å²) in [7, 11) is 1.77. The summed E-state index contributed by atoms with van der Waals surface area (Å²) in [6, 6.07) is 4.00. The zero-order valence-electron chi connectivity index (χ0n) is 6.91. The number of pyridine rings is 1. The Balaban J connectivity index is 3.40. The SMILES string of the molecule is C=Cn1cc(C)cc/c1=N/C. The first-order valence-electron chi connectivity index (χ1n) is 3.52. The van der Waals surface area contributed by atoms with Crippen molar-refractivity contribution in [1.29, 1.82) is 0 Å². The van der Waals surface area contributed by atoms with Gasteiger partial charge in [-0.2, -0.15) is 0 Å². The maximum Gasteiger partial charge on any atom is 0.131 e. The van der Waals surface area contributed by atoms with Crippen LogP contribution >= 0.6 is 0 Å². The monoisotopic (exact) mass is 148 g/mol. The molecule has 0 aliphatic carbocycles. The van der Waals surface area contributed by atoms with Crippen LogP contribution in [0.2, 0.25) is 0 Å². The lowest BCUT2D eigenvalue weighted by Crippen LogP contribution is -2.14. The van der Waals surface area contributed by atoms with Gasteiger partial charge in [-0.3, -0.25) is 4.99 Å². The zero-order chi connectivity index (χ0) is 8.27. The van der Waals surface area contributed by atoms with Gasteiger partial charge in [0.05, 0.1) is 0 Å². The molecular weight excluding hydrogens is 136 g/mol. The molecule has 1 heterocycles. The molecule has 0 aliphatic rings. The Bertz CT molecular complexity index is 321. The van der Waals surface area contributed by atoms with Crippen LogP contribution in [0.25, 0.3) is 6.20 Å². The van der Waals surface area contributed by atoms with Gasteiger partial charge in [0, 0.05) is 19.4 Å². The molecule has 0 atom stereocenters. The minimum atomic E-state index is 0.922. The number of rotatable bonds is 1. The van der Waals surface area contributed by atoms with Crippen molar-refractivity contribution < 1.29 is 0 Å². The zero-order valence-corrected chi connectivity index (χ0v) is 6.91. The molecule has 0 unspecified atom stereocenters. The van der Waals surface area contributed by atoms with Crippen molar-refractivity contribution in [3.63, 3.8) is 0 Å². The molecular formula is C9H12N2. The third-order valence-electron chi connectivity index (χ3n) is 1.53. The number of nitrogens with zero attached hydrogens (tertiary/aromatic N) is 2. The first-order chi connectivity index (χ1) is 5.27. The van der Waals surface area contributed by atoms with E-state index in [0.29, 0.717) is 0 Å². The molecule has 0 bridgehead atoms. The van der Waals surface area contributed by atoms with Gasteiger partial charge in [-0.05, 0) is 18.6 Å². The lowest BCUT2D eigenvalue weighted by atomic mass is 10.3. The van der Waals surface area contributed by atoms with Crippen molar-refractivity contribution in [3.05, 3.63) is 36.0 Å². The molecule has 0 saturated carbocycles. The number of aromatic nitrogens is 1. The maximum absolute atomic E-state index is 4.07. The Labute approximate surface area is 66.5 Å². The van der Waals surface area contributed by atoms with E-state index in [1.807, 2.05) is 29.8 Å². The van der Waals surface area contributed by atoms with Gasteiger partial charge in [-0.25, -0.2) is 0 Å². The van der Waals surface area contributed by atoms with E-state index in [2.05, 4.69) is 11.6 Å². The number of aryl methyl sites for hydroxylation is 1. The summed E-state index contributed by atoms with van der Waals surface area (Å²) in [5.74, 6) is 0. The highest BCUT2D eigenvalue weighted by molar-refractivity contribution is 5.20. The normalized spacial score (nSPS) is 11.6. The van der Waals surface area contributed by atoms with Crippen LogP contribution in [0.1, 0.15) is 5.56 Å². The molecule has 0 fully saturated rings. The Morgan fingerprint density at radius 2 is 2.27 bits per heavy atom. The van der Waals surface area contributed by atoms with Gasteiger partial charge in [0.25, 0.3) is 0 Å². The highest BCUT2D eigenvalue weighted by atomic mass is 15.0. The lowest BCUT2D eigenvalue weighted by Gasteiger charge is -2.00. The van der Waals surface area contributed by atoms with E-state index >= 15 is 0 Å². The molecule has 0 saturated heterocycles. The molecule has 11 heavy (non-hydrogen) atoms.